The predicted octanol–water partition coefficient (Wildman–Crippen LogP) is 4.73. The summed E-state index contributed by atoms with van der Waals surface area (Å²) in [5.41, 5.74) is -0.162. The molecule has 0 fully saturated rings. The largest absolute Gasteiger partial charge is 0.478 e. The first-order chi connectivity index (χ1) is 11.4. The summed E-state index contributed by atoms with van der Waals surface area (Å²) in [5, 5.41) is 12.9. The summed E-state index contributed by atoms with van der Waals surface area (Å²) >= 11 is 0. The molecule has 2 aromatic carbocycles. The quantitative estimate of drug-likeness (QED) is 0.753. The fourth-order valence-corrected chi connectivity index (χ4v) is 2.44. The zero-order valence-electron chi connectivity index (χ0n) is 12.0. The lowest BCUT2D eigenvalue weighted by molar-refractivity contribution is -0.137. The maximum absolute atomic E-state index is 12.9. The van der Waals surface area contributed by atoms with E-state index in [2.05, 4.69) is 5.16 Å². The summed E-state index contributed by atoms with van der Waals surface area (Å²) in [4.78, 5) is 11.5. The Morgan fingerprint density at radius 3 is 2.46 bits per heavy atom. The molecule has 0 bridgehead atoms. The molecule has 0 aliphatic heterocycles. The summed E-state index contributed by atoms with van der Waals surface area (Å²) in [7, 11) is 0. The van der Waals surface area contributed by atoms with Crippen LogP contribution in [0.15, 0.2) is 59.3 Å². The number of aromatic carboxylic acids is 1. The molecule has 4 nitrogen and oxygen atoms in total. The summed E-state index contributed by atoms with van der Waals surface area (Å²) in [5.74, 6) is -1.05. The highest BCUT2D eigenvalue weighted by atomic mass is 19.4. The molecule has 3 rings (SSSR count). The smallest absolute Gasteiger partial charge is 0.416 e. The standard InChI is InChI=1S/C17H10F3NO3/c18-17(19,20)11-4-1-3-10(9-11)12-5-2-6-13(16(22)23)15(12)14-7-8-21-24-14/h1-9H,(H,22,23). The van der Waals surface area contributed by atoms with Gasteiger partial charge in [-0.1, -0.05) is 29.4 Å². The van der Waals surface area contributed by atoms with E-state index in [1.165, 1.54) is 36.5 Å². The molecule has 0 radical (unpaired) electrons. The molecule has 0 unspecified atom stereocenters. The predicted molar refractivity (Wildman–Crippen MR) is 79.3 cm³/mol. The van der Waals surface area contributed by atoms with E-state index >= 15 is 0 Å². The SMILES string of the molecule is O=C(O)c1cccc(-c2cccc(C(F)(F)F)c2)c1-c1ccno1. The summed E-state index contributed by atoms with van der Waals surface area (Å²) < 4.78 is 43.9. The Hall–Kier alpha value is -3.09. The normalized spacial score (nSPS) is 11.5. The van der Waals surface area contributed by atoms with Gasteiger partial charge in [-0.2, -0.15) is 13.2 Å². The lowest BCUT2D eigenvalue weighted by Gasteiger charge is -2.13. The van der Waals surface area contributed by atoms with Gasteiger partial charge in [-0.15, -0.1) is 0 Å². The van der Waals surface area contributed by atoms with E-state index < -0.39 is 17.7 Å². The van der Waals surface area contributed by atoms with Crippen LogP contribution in [-0.2, 0) is 6.18 Å². The number of hydrogen-bond acceptors (Lipinski definition) is 3. The molecular weight excluding hydrogens is 323 g/mol. The van der Waals surface area contributed by atoms with Crippen LogP contribution in [0.5, 0.6) is 0 Å². The van der Waals surface area contributed by atoms with Crippen LogP contribution in [0, 0.1) is 0 Å². The van der Waals surface area contributed by atoms with Crippen molar-refractivity contribution in [1.29, 1.82) is 0 Å². The van der Waals surface area contributed by atoms with Gasteiger partial charge < -0.3 is 9.63 Å². The number of rotatable bonds is 3. The molecule has 1 aromatic heterocycles. The van der Waals surface area contributed by atoms with Crippen molar-refractivity contribution in [3.8, 4) is 22.5 Å². The monoisotopic (exact) mass is 333 g/mol. The van der Waals surface area contributed by atoms with Crippen molar-refractivity contribution in [1.82, 2.24) is 5.16 Å². The van der Waals surface area contributed by atoms with Crippen molar-refractivity contribution in [2.24, 2.45) is 0 Å². The van der Waals surface area contributed by atoms with Gasteiger partial charge in [0.05, 0.1) is 17.3 Å². The van der Waals surface area contributed by atoms with Crippen molar-refractivity contribution in [2.75, 3.05) is 0 Å². The first kappa shape index (κ1) is 15.8. The Morgan fingerprint density at radius 1 is 1.08 bits per heavy atom. The van der Waals surface area contributed by atoms with E-state index in [-0.39, 0.29) is 22.5 Å². The highest BCUT2D eigenvalue weighted by Gasteiger charge is 2.31. The Labute approximate surface area is 134 Å². The Morgan fingerprint density at radius 2 is 1.83 bits per heavy atom. The first-order valence-electron chi connectivity index (χ1n) is 6.83. The van der Waals surface area contributed by atoms with Crippen molar-refractivity contribution < 1.29 is 27.6 Å². The maximum Gasteiger partial charge on any atom is 0.416 e. The topological polar surface area (TPSA) is 63.3 Å². The molecule has 1 N–H and O–H groups in total. The second-order valence-corrected chi connectivity index (χ2v) is 4.99. The molecule has 0 aliphatic rings. The number of alkyl halides is 3. The van der Waals surface area contributed by atoms with Crippen LogP contribution in [0.4, 0.5) is 13.2 Å². The number of benzene rings is 2. The summed E-state index contributed by atoms with van der Waals surface area (Å²) in [6.45, 7) is 0. The lowest BCUT2D eigenvalue weighted by Crippen LogP contribution is -2.05. The number of halogens is 3. The van der Waals surface area contributed by atoms with Crippen LogP contribution >= 0.6 is 0 Å². The molecule has 0 amide bonds. The number of carboxylic acids is 1. The number of nitrogens with zero attached hydrogens (tertiary/aromatic N) is 1. The van der Waals surface area contributed by atoms with Crippen LogP contribution < -0.4 is 0 Å². The molecule has 0 spiro atoms. The van der Waals surface area contributed by atoms with E-state index in [9.17, 15) is 23.1 Å². The summed E-state index contributed by atoms with van der Waals surface area (Å²) in [6.07, 6.45) is -3.16. The fraction of sp³-hybridized carbons (Fsp3) is 0.0588. The first-order valence-corrected chi connectivity index (χ1v) is 6.83. The van der Waals surface area contributed by atoms with Gasteiger partial charge in [0, 0.05) is 11.6 Å². The van der Waals surface area contributed by atoms with Crippen LogP contribution in [0.25, 0.3) is 22.5 Å². The number of carbonyl (C=O) groups is 1. The zero-order chi connectivity index (χ0) is 17.3. The van der Waals surface area contributed by atoms with Crippen molar-refractivity contribution in [2.45, 2.75) is 6.18 Å². The minimum absolute atomic E-state index is 0.0818. The third-order valence-electron chi connectivity index (χ3n) is 3.48. The molecular formula is C17H10F3NO3. The van der Waals surface area contributed by atoms with Gasteiger partial charge in [0.15, 0.2) is 5.76 Å². The molecule has 24 heavy (non-hydrogen) atoms. The highest BCUT2D eigenvalue weighted by molar-refractivity contribution is 6.00. The van der Waals surface area contributed by atoms with E-state index in [0.29, 0.717) is 5.56 Å². The lowest BCUT2D eigenvalue weighted by atomic mass is 9.93. The van der Waals surface area contributed by atoms with Gasteiger partial charge in [0.25, 0.3) is 0 Å². The Bertz CT molecular complexity index is 886. The number of aromatic nitrogens is 1. The molecule has 122 valence electrons. The molecule has 0 saturated heterocycles. The van der Waals surface area contributed by atoms with Gasteiger partial charge >= 0.3 is 12.1 Å². The minimum atomic E-state index is -4.49. The molecule has 0 saturated carbocycles. The molecule has 3 aromatic rings. The second kappa shape index (κ2) is 5.84. The minimum Gasteiger partial charge on any atom is -0.478 e. The van der Waals surface area contributed by atoms with Gasteiger partial charge in [0.1, 0.15) is 0 Å². The van der Waals surface area contributed by atoms with Crippen LogP contribution in [0.3, 0.4) is 0 Å². The van der Waals surface area contributed by atoms with Gasteiger partial charge in [-0.05, 0) is 29.3 Å². The van der Waals surface area contributed by atoms with Crippen LogP contribution in [0.2, 0.25) is 0 Å². The van der Waals surface area contributed by atoms with Crippen LogP contribution in [-0.4, -0.2) is 16.2 Å². The maximum atomic E-state index is 12.9. The molecule has 0 aliphatic carbocycles. The number of carboxylic acid groups (broad SMARTS) is 1. The zero-order valence-corrected chi connectivity index (χ0v) is 12.0. The van der Waals surface area contributed by atoms with E-state index in [1.54, 1.807) is 6.07 Å². The van der Waals surface area contributed by atoms with Crippen molar-refractivity contribution >= 4 is 5.97 Å². The van der Waals surface area contributed by atoms with E-state index in [1.807, 2.05) is 0 Å². The Balaban J connectivity index is 2.26. The fourth-order valence-electron chi connectivity index (χ4n) is 2.44. The summed E-state index contributed by atoms with van der Waals surface area (Å²) in [6, 6.07) is 10.5. The van der Waals surface area contributed by atoms with Crippen LogP contribution in [0.1, 0.15) is 15.9 Å². The van der Waals surface area contributed by atoms with E-state index in [4.69, 9.17) is 4.52 Å². The third-order valence-corrected chi connectivity index (χ3v) is 3.48. The average Bonchev–Trinajstić information content (AvgIpc) is 3.07. The molecule has 0 atom stereocenters. The number of hydrogen-bond donors (Lipinski definition) is 1. The van der Waals surface area contributed by atoms with Crippen molar-refractivity contribution in [3.05, 3.63) is 65.9 Å². The Kier molecular flexibility index (Phi) is 3.84. The van der Waals surface area contributed by atoms with E-state index in [0.717, 1.165) is 12.1 Å². The van der Waals surface area contributed by atoms with Gasteiger partial charge in [-0.3, -0.25) is 0 Å². The van der Waals surface area contributed by atoms with Gasteiger partial charge in [0.2, 0.25) is 0 Å². The molecule has 1 heterocycles. The van der Waals surface area contributed by atoms with Crippen molar-refractivity contribution in [3.63, 3.8) is 0 Å². The second-order valence-electron chi connectivity index (χ2n) is 4.99. The van der Waals surface area contributed by atoms with Gasteiger partial charge in [-0.25, -0.2) is 4.79 Å². The molecule has 7 heteroatoms. The third kappa shape index (κ3) is 2.88. The average molecular weight is 333 g/mol. The highest BCUT2D eigenvalue weighted by Crippen LogP contribution is 2.37.